The van der Waals surface area contributed by atoms with E-state index in [1.807, 2.05) is 56.4 Å². The molecule has 3 rings (SSSR count). The van der Waals surface area contributed by atoms with Gasteiger partial charge in [-0.3, -0.25) is 9.69 Å². The van der Waals surface area contributed by atoms with Crippen LogP contribution in [-0.4, -0.2) is 34.4 Å². The maximum Gasteiger partial charge on any atom is 0.276 e. The summed E-state index contributed by atoms with van der Waals surface area (Å²) in [5.74, 6) is 0.664. The Hall–Kier alpha value is -2.66. The molecule has 1 fully saturated rings. The largest absolute Gasteiger partial charge is 0.488 e. The number of aryl methyl sites for hydroxylation is 1. The second-order valence-corrected chi connectivity index (χ2v) is 6.60. The summed E-state index contributed by atoms with van der Waals surface area (Å²) in [7, 11) is 1.82. The van der Waals surface area contributed by atoms with Gasteiger partial charge in [0.15, 0.2) is 5.11 Å². The van der Waals surface area contributed by atoms with Crippen LogP contribution in [0.4, 0.5) is 0 Å². The number of rotatable bonds is 5. The van der Waals surface area contributed by atoms with Crippen LogP contribution in [0.15, 0.2) is 54.2 Å². The molecule has 0 aliphatic carbocycles. The Morgan fingerprint density at radius 3 is 2.62 bits per heavy atom. The third-order valence-electron chi connectivity index (χ3n) is 4.35. The predicted molar refractivity (Wildman–Crippen MR) is 108 cm³/mol. The third kappa shape index (κ3) is 3.63. The number of carbonyl (C=O) groups is 1. The number of nitrogens with zero attached hydrogens (tertiary/aromatic N) is 2. The Morgan fingerprint density at radius 1 is 1.15 bits per heavy atom. The van der Waals surface area contributed by atoms with Gasteiger partial charge in [0.05, 0.1) is 0 Å². The number of likely N-dealkylation sites (N-methyl/N-ethyl adjacent to an activating group) is 2. The van der Waals surface area contributed by atoms with E-state index < -0.39 is 0 Å². The molecule has 1 aliphatic rings. The fourth-order valence-electron chi connectivity index (χ4n) is 2.93. The number of thiocarbonyl (C=S) groups is 1. The first-order valence-corrected chi connectivity index (χ1v) is 9.00. The van der Waals surface area contributed by atoms with Crippen LogP contribution in [0.5, 0.6) is 5.75 Å². The molecule has 4 nitrogen and oxygen atoms in total. The van der Waals surface area contributed by atoms with Crippen molar-refractivity contribution in [1.29, 1.82) is 0 Å². The van der Waals surface area contributed by atoms with Crippen molar-refractivity contribution in [3.63, 3.8) is 0 Å². The Balaban J connectivity index is 1.85. The highest BCUT2D eigenvalue weighted by Crippen LogP contribution is 2.27. The fourth-order valence-corrected chi connectivity index (χ4v) is 3.24. The SMILES string of the molecule is CCN1C(=O)/C(=C/c2ccccc2OCc2cccc(C)c2)N(C)C1=S. The topological polar surface area (TPSA) is 32.8 Å². The van der Waals surface area contributed by atoms with E-state index in [4.69, 9.17) is 17.0 Å². The van der Waals surface area contributed by atoms with Gasteiger partial charge in [0, 0.05) is 19.2 Å². The van der Waals surface area contributed by atoms with E-state index in [1.165, 1.54) is 5.56 Å². The Morgan fingerprint density at radius 2 is 1.92 bits per heavy atom. The Bertz CT molecular complexity index is 876. The molecule has 26 heavy (non-hydrogen) atoms. The quantitative estimate of drug-likeness (QED) is 0.592. The van der Waals surface area contributed by atoms with Crippen LogP contribution in [-0.2, 0) is 11.4 Å². The fraction of sp³-hybridized carbons (Fsp3) is 0.238. The molecule has 0 aromatic heterocycles. The number of hydrogen-bond donors (Lipinski definition) is 0. The maximum absolute atomic E-state index is 12.6. The van der Waals surface area contributed by atoms with Crippen molar-refractivity contribution in [1.82, 2.24) is 9.80 Å². The van der Waals surface area contributed by atoms with Crippen molar-refractivity contribution >= 4 is 29.3 Å². The van der Waals surface area contributed by atoms with E-state index in [0.717, 1.165) is 16.9 Å². The molecule has 0 atom stereocenters. The zero-order chi connectivity index (χ0) is 18.7. The maximum atomic E-state index is 12.6. The lowest BCUT2D eigenvalue weighted by molar-refractivity contribution is -0.122. The summed E-state index contributed by atoms with van der Waals surface area (Å²) in [4.78, 5) is 15.9. The zero-order valence-electron chi connectivity index (χ0n) is 15.2. The van der Waals surface area contributed by atoms with E-state index in [2.05, 4.69) is 19.1 Å². The molecule has 1 heterocycles. The highest BCUT2D eigenvalue weighted by molar-refractivity contribution is 7.80. The van der Waals surface area contributed by atoms with E-state index >= 15 is 0 Å². The Kier molecular flexibility index (Phi) is 5.38. The summed E-state index contributed by atoms with van der Waals surface area (Å²) >= 11 is 5.35. The molecular formula is C21H22N2O2S. The lowest BCUT2D eigenvalue weighted by Gasteiger charge is -2.14. The molecular weight excluding hydrogens is 344 g/mol. The number of carbonyl (C=O) groups excluding carboxylic acids is 1. The molecule has 5 heteroatoms. The minimum absolute atomic E-state index is 0.0755. The van der Waals surface area contributed by atoms with E-state index in [9.17, 15) is 4.79 Å². The highest BCUT2D eigenvalue weighted by Gasteiger charge is 2.34. The van der Waals surface area contributed by atoms with Crippen molar-refractivity contribution < 1.29 is 9.53 Å². The molecule has 2 aromatic carbocycles. The second kappa shape index (κ2) is 7.70. The van der Waals surface area contributed by atoms with Gasteiger partial charge in [0.2, 0.25) is 0 Å². The normalized spacial score (nSPS) is 15.9. The number of hydrogen-bond acceptors (Lipinski definition) is 3. The van der Waals surface area contributed by atoms with Gasteiger partial charge < -0.3 is 9.64 Å². The summed E-state index contributed by atoms with van der Waals surface area (Å²) in [6, 6.07) is 15.9. The molecule has 0 saturated carbocycles. The van der Waals surface area contributed by atoms with Crippen molar-refractivity contribution in [2.75, 3.05) is 13.6 Å². The van der Waals surface area contributed by atoms with Crippen molar-refractivity contribution in [2.45, 2.75) is 20.5 Å². The van der Waals surface area contributed by atoms with Gasteiger partial charge in [-0.05, 0) is 43.8 Å². The predicted octanol–water partition coefficient (Wildman–Crippen LogP) is 3.99. The Labute approximate surface area is 159 Å². The molecule has 134 valence electrons. The van der Waals surface area contributed by atoms with Crippen molar-refractivity contribution in [3.8, 4) is 5.75 Å². The average molecular weight is 366 g/mol. The summed E-state index contributed by atoms with van der Waals surface area (Å²) in [6.45, 7) is 5.02. The minimum Gasteiger partial charge on any atom is -0.488 e. The van der Waals surface area contributed by atoms with Crippen LogP contribution in [0.2, 0.25) is 0 Å². The van der Waals surface area contributed by atoms with Crippen molar-refractivity contribution in [2.24, 2.45) is 0 Å². The molecule has 0 bridgehead atoms. The third-order valence-corrected chi connectivity index (χ3v) is 4.84. The zero-order valence-corrected chi connectivity index (χ0v) is 16.0. The summed E-state index contributed by atoms with van der Waals surface area (Å²) < 4.78 is 6.02. The molecule has 1 saturated heterocycles. The van der Waals surface area contributed by atoms with Crippen LogP contribution >= 0.6 is 12.2 Å². The van der Waals surface area contributed by atoms with Gasteiger partial charge in [-0.1, -0.05) is 48.0 Å². The molecule has 1 amide bonds. The number of ether oxygens (including phenoxy) is 1. The van der Waals surface area contributed by atoms with E-state index in [1.54, 1.807) is 9.80 Å². The van der Waals surface area contributed by atoms with Gasteiger partial charge >= 0.3 is 0 Å². The summed E-state index contributed by atoms with van der Waals surface area (Å²) in [5.41, 5.74) is 3.73. The summed E-state index contributed by atoms with van der Waals surface area (Å²) in [5, 5.41) is 0.530. The standard InChI is InChI=1S/C21H22N2O2S/c1-4-23-20(24)18(22(3)21(23)26)13-17-10-5-6-11-19(17)25-14-16-9-7-8-15(2)12-16/h5-13H,4,14H2,1-3H3/b18-13-. The molecule has 2 aromatic rings. The highest BCUT2D eigenvalue weighted by atomic mass is 32.1. The minimum atomic E-state index is -0.0755. The number of amides is 1. The first-order valence-electron chi connectivity index (χ1n) is 8.60. The first kappa shape index (κ1) is 18.1. The number of para-hydroxylation sites is 1. The van der Waals surface area contributed by atoms with E-state index in [0.29, 0.717) is 24.0 Å². The number of benzene rings is 2. The van der Waals surface area contributed by atoms with Crippen molar-refractivity contribution in [3.05, 3.63) is 70.9 Å². The van der Waals surface area contributed by atoms with Crippen LogP contribution in [0.3, 0.4) is 0 Å². The first-order chi connectivity index (χ1) is 12.5. The average Bonchev–Trinajstić information content (AvgIpc) is 2.84. The van der Waals surface area contributed by atoms with Gasteiger partial charge in [-0.15, -0.1) is 0 Å². The monoisotopic (exact) mass is 366 g/mol. The second-order valence-electron chi connectivity index (χ2n) is 6.24. The van der Waals surface area contributed by atoms with Crippen LogP contribution in [0.25, 0.3) is 6.08 Å². The molecule has 0 unspecified atom stereocenters. The smallest absolute Gasteiger partial charge is 0.276 e. The van der Waals surface area contributed by atoms with Crippen LogP contribution < -0.4 is 4.74 Å². The van der Waals surface area contributed by atoms with Gasteiger partial charge in [-0.2, -0.15) is 0 Å². The lowest BCUT2D eigenvalue weighted by atomic mass is 10.1. The van der Waals surface area contributed by atoms with Crippen LogP contribution in [0.1, 0.15) is 23.6 Å². The lowest BCUT2D eigenvalue weighted by Crippen LogP contribution is -2.30. The van der Waals surface area contributed by atoms with Gasteiger partial charge in [-0.25, -0.2) is 0 Å². The van der Waals surface area contributed by atoms with Gasteiger partial charge in [0.25, 0.3) is 5.91 Å². The van der Waals surface area contributed by atoms with Gasteiger partial charge in [0.1, 0.15) is 18.1 Å². The molecule has 0 spiro atoms. The molecule has 0 radical (unpaired) electrons. The summed E-state index contributed by atoms with van der Waals surface area (Å²) in [6.07, 6.45) is 1.84. The molecule has 0 N–H and O–H groups in total. The molecule has 1 aliphatic heterocycles. The van der Waals surface area contributed by atoms with Crippen LogP contribution in [0, 0.1) is 6.92 Å². The van der Waals surface area contributed by atoms with E-state index in [-0.39, 0.29) is 5.91 Å².